The van der Waals surface area contributed by atoms with Crippen molar-refractivity contribution in [3.63, 3.8) is 0 Å². The molecule has 0 radical (unpaired) electrons. The van der Waals surface area contributed by atoms with Gasteiger partial charge in [0.25, 0.3) is 0 Å². The fourth-order valence-corrected chi connectivity index (χ4v) is 4.18. The van der Waals surface area contributed by atoms with E-state index in [4.69, 9.17) is 0 Å². The van der Waals surface area contributed by atoms with E-state index in [0.29, 0.717) is 12.0 Å². The molecule has 3 heteroatoms. The number of anilines is 2. The Bertz CT molecular complexity index is 1000. The molecule has 0 aliphatic rings. The topological polar surface area (TPSA) is 37.0 Å². The lowest BCUT2D eigenvalue weighted by molar-refractivity contribution is 0.689. The number of nitrogens with zero attached hydrogens (tertiary/aromatic N) is 1. The van der Waals surface area contributed by atoms with Crippen LogP contribution in [-0.4, -0.2) is 17.6 Å². The molecule has 3 rings (SSSR count). The fourth-order valence-electron chi connectivity index (χ4n) is 4.18. The number of benzene rings is 2. The van der Waals surface area contributed by atoms with Crippen molar-refractivity contribution in [3.8, 4) is 22.3 Å². The van der Waals surface area contributed by atoms with Gasteiger partial charge in [0.15, 0.2) is 0 Å². The van der Waals surface area contributed by atoms with E-state index in [2.05, 4.69) is 107 Å². The second-order valence-electron chi connectivity index (χ2n) is 9.33. The summed E-state index contributed by atoms with van der Waals surface area (Å²) in [5, 5.41) is 6.88. The van der Waals surface area contributed by atoms with Gasteiger partial charge in [-0.15, -0.1) is 0 Å². The number of pyridine rings is 1. The molecule has 1 heterocycles. The summed E-state index contributed by atoms with van der Waals surface area (Å²) in [6, 6.07) is 13.5. The molecule has 0 spiro atoms. The highest BCUT2D eigenvalue weighted by molar-refractivity contribution is 5.83. The van der Waals surface area contributed by atoms with Gasteiger partial charge in [0.05, 0.1) is 0 Å². The van der Waals surface area contributed by atoms with Gasteiger partial charge in [-0.05, 0) is 111 Å². The number of nitrogens with one attached hydrogen (secondary N) is 2. The molecule has 3 nitrogen and oxygen atoms in total. The van der Waals surface area contributed by atoms with Gasteiger partial charge in [0, 0.05) is 30.0 Å². The maximum Gasteiger partial charge on any atom is 0.126 e. The molecule has 0 amide bonds. The van der Waals surface area contributed by atoms with E-state index in [1.54, 1.807) is 0 Å². The number of rotatable bonds is 7. The minimum atomic E-state index is 0.373. The zero-order valence-electron chi connectivity index (χ0n) is 20.4. The van der Waals surface area contributed by atoms with Crippen molar-refractivity contribution in [2.45, 2.75) is 61.4 Å². The smallest absolute Gasteiger partial charge is 0.126 e. The molecule has 1 aromatic heterocycles. The molecule has 2 N–H and O–H groups in total. The minimum absolute atomic E-state index is 0.373. The molecular weight excluding hydrogens is 378 g/mol. The van der Waals surface area contributed by atoms with E-state index in [-0.39, 0.29) is 0 Å². The zero-order chi connectivity index (χ0) is 22.7. The average Bonchev–Trinajstić information content (AvgIpc) is 2.73. The average molecular weight is 416 g/mol. The Balaban J connectivity index is 1.99. The Morgan fingerprint density at radius 2 is 1.23 bits per heavy atom. The maximum atomic E-state index is 4.64. The van der Waals surface area contributed by atoms with Crippen molar-refractivity contribution >= 4 is 11.5 Å². The summed E-state index contributed by atoms with van der Waals surface area (Å²) >= 11 is 0. The monoisotopic (exact) mass is 415 g/mol. The quantitative estimate of drug-likeness (QED) is 0.418. The first-order valence-electron chi connectivity index (χ1n) is 11.4. The van der Waals surface area contributed by atoms with E-state index in [9.17, 15) is 0 Å². The largest absolute Gasteiger partial charge is 0.385 e. The molecule has 0 unspecified atom stereocenters. The molecule has 164 valence electrons. The molecule has 0 saturated heterocycles. The van der Waals surface area contributed by atoms with Crippen molar-refractivity contribution < 1.29 is 0 Å². The summed E-state index contributed by atoms with van der Waals surface area (Å²) in [5.41, 5.74) is 11.6. The molecule has 2 aromatic carbocycles. The minimum Gasteiger partial charge on any atom is -0.385 e. The molecule has 0 aliphatic heterocycles. The predicted molar refractivity (Wildman–Crippen MR) is 136 cm³/mol. The van der Waals surface area contributed by atoms with E-state index in [1.165, 1.54) is 50.2 Å². The Morgan fingerprint density at radius 1 is 0.710 bits per heavy atom. The Kier molecular flexibility index (Phi) is 7.04. The number of aromatic nitrogens is 1. The van der Waals surface area contributed by atoms with Gasteiger partial charge >= 0.3 is 0 Å². The lowest BCUT2D eigenvalue weighted by Crippen LogP contribution is -2.10. The second kappa shape index (κ2) is 9.55. The SMILES string of the molecule is Cc1c(C)c(-c2ccc(NC(C)C)nc2)c(C)c(C)c1-c1ccc(NCC(C)C)cc1. The summed E-state index contributed by atoms with van der Waals surface area (Å²) in [7, 11) is 0. The van der Waals surface area contributed by atoms with Crippen LogP contribution in [0, 0.1) is 33.6 Å². The summed E-state index contributed by atoms with van der Waals surface area (Å²) in [5.74, 6) is 1.55. The normalized spacial score (nSPS) is 11.3. The highest BCUT2D eigenvalue weighted by Gasteiger charge is 2.17. The Morgan fingerprint density at radius 3 is 1.68 bits per heavy atom. The molecule has 31 heavy (non-hydrogen) atoms. The van der Waals surface area contributed by atoms with E-state index >= 15 is 0 Å². The molecule has 0 saturated carbocycles. The third-order valence-electron chi connectivity index (χ3n) is 6.00. The summed E-state index contributed by atoms with van der Waals surface area (Å²) < 4.78 is 0. The first-order valence-corrected chi connectivity index (χ1v) is 11.4. The van der Waals surface area contributed by atoms with Gasteiger partial charge in [-0.1, -0.05) is 26.0 Å². The standard InChI is InChI=1S/C28H37N3/c1-17(2)15-29-25-12-9-23(10-13-25)27-19(5)21(7)28(22(8)20(27)6)24-11-14-26(30-16-24)31-18(3)4/h9-14,16-18,29H,15H2,1-8H3,(H,30,31). The van der Waals surface area contributed by atoms with E-state index in [0.717, 1.165) is 12.4 Å². The van der Waals surface area contributed by atoms with Crippen molar-refractivity contribution in [1.82, 2.24) is 4.98 Å². The highest BCUT2D eigenvalue weighted by atomic mass is 15.0. The van der Waals surface area contributed by atoms with Crippen LogP contribution < -0.4 is 10.6 Å². The van der Waals surface area contributed by atoms with Crippen LogP contribution in [0.4, 0.5) is 11.5 Å². The van der Waals surface area contributed by atoms with Crippen molar-refractivity contribution in [2.75, 3.05) is 17.2 Å². The Labute approximate surface area is 188 Å². The molecule has 3 aromatic rings. The van der Waals surface area contributed by atoms with Gasteiger partial charge < -0.3 is 10.6 Å². The van der Waals surface area contributed by atoms with Gasteiger partial charge in [-0.3, -0.25) is 0 Å². The third kappa shape index (κ3) is 5.10. The zero-order valence-corrected chi connectivity index (χ0v) is 20.4. The summed E-state index contributed by atoms with van der Waals surface area (Å²) in [6.07, 6.45) is 1.99. The number of hydrogen-bond donors (Lipinski definition) is 2. The molecular formula is C28H37N3. The van der Waals surface area contributed by atoms with Crippen LogP contribution in [0.1, 0.15) is 49.9 Å². The van der Waals surface area contributed by atoms with Crippen LogP contribution >= 0.6 is 0 Å². The molecule has 0 atom stereocenters. The van der Waals surface area contributed by atoms with Crippen LogP contribution in [0.3, 0.4) is 0 Å². The Hall–Kier alpha value is -2.81. The van der Waals surface area contributed by atoms with Gasteiger partial charge in [-0.25, -0.2) is 4.98 Å². The fraction of sp³-hybridized carbons (Fsp3) is 0.393. The van der Waals surface area contributed by atoms with E-state index < -0.39 is 0 Å². The lowest BCUT2D eigenvalue weighted by Gasteiger charge is -2.21. The lowest BCUT2D eigenvalue weighted by atomic mass is 9.84. The van der Waals surface area contributed by atoms with Crippen LogP contribution in [0.5, 0.6) is 0 Å². The molecule has 0 aliphatic carbocycles. The van der Waals surface area contributed by atoms with Gasteiger partial charge in [-0.2, -0.15) is 0 Å². The third-order valence-corrected chi connectivity index (χ3v) is 6.00. The van der Waals surface area contributed by atoms with Crippen LogP contribution in [0.15, 0.2) is 42.6 Å². The van der Waals surface area contributed by atoms with Crippen molar-refractivity contribution in [1.29, 1.82) is 0 Å². The maximum absolute atomic E-state index is 4.64. The highest BCUT2D eigenvalue weighted by Crippen LogP contribution is 2.39. The van der Waals surface area contributed by atoms with E-state index in [1.807, 2.05) is 6.20 Å². The summed E-state index contributed by atoms with van der Waals surface area (Å²) in [6.45, 7) is 18.7. The first kappa shape index (κ1) is 22.9. The van der Waals surface area contributed by atoms with Gasteiger partial charge in [0.1, 0.15) is 5.82 Å². The van der Waals surface area contributed by atoms with Gasteiger partial charge in [0.2, 0.25) is 0 Å². The van der Waals surface area contributed by atoms with Crippen molar-refractivity contribution in [2.24, 2.45) is 5.92 Å². The summed E-state index contributed by atoms with van der Waals surface area (Å²) in [4.78, 5) is 4.64. The number of hydrogen-bond acceptors (Lipinski definition) is 3. The van der Waals surface area contributed by atoms with Crippen LogP contribution in [-0.2, 0) is 0 Å². The van der Waals surface area contributed by atoms with Crippen LogP contribution in [0.25, 0.3) is 22.3 Å². The first-order chi connectivity index (χ1) is 14.7. The molecule has 0 fully saturated rings. The van der Waals surface area contributed by atoms with Crippen LogP contribution in [0.2, 0.25) is 0 Å². The van der Waals surface area contributed by atoms with Crippen molar-refractivity contribution in [3.05, 3.63) is 64.8 Å². The predicted octanol–water partition coefficient (Wildman–Crippen LogP) is 7.54. The second-order valence-corrected chi connectivity index (χ2v) is 9.33. The molecule has 0 bridgehead atoms.